The normalized spacial score (nSPS) is 10.4. The van der Waals surface area contributed by atoms with Crippen LogP contribution in [-0.4, -0.2) is 0 Å². The van der Waals surface area contributed by atoms with Crippen molar-refractivity contribution in [2.75, 3.05) is 0 Å². The highest BCUT2D eigenvalue weighted by atomic mass is 32.2. The Bertz CT molecular complexity index is 417. The van der Waals surface area contributed by atoms with E-state index in [-0.39, 0.29) is 0 Å². The van der Waals surface area contributed by atoms with Crippen LogP contribution >= 0.6 is 23.3 Å². The van der Waals surface area contributed by atoms with Crippen LogP contribution < -0.4 is 5.14 Å². The predicted molar refractivity (Wildman–Crippen MR) is 64.5 cm³/mol. The van der Waals surface area contributed by atoms with Crippen molar-refractivity contribution < 1.29 is 0 Å². The van der Waals surface area contributed by atoms with E-state index in [1.54, 1.807) is 11.3 Å². The Labute approximate surface area is 92.1 Å². The van der Waals surface area contributed by atoms with Gasteiger partial charge in [-0.25, -0.2) is 0 Å². The average Bonchev–Trinajstić information content (AvgIpc) is 2.67. The maximum absolute atomic E-state index is 5.49. The van der Waals surface area contributed by atoms with E-state index in [9.17, 15) is 0 Å². The van der Waals surface area contributed by atoms with Crippen LogP contribution in [0.1, 0.15) is 5.56 Å². The zero-order valence-corrected chi connectivity index (χ0v) is 9.49. The number of thiophene rings is 1. The summed E-state index contributed by atoms with van der Waals surface area (Å²) in [5.74, 6) is 0. The van der Waals surface area contributed by atoms with Gasteiger partial charge >= 0.3 is 0 Å². The fourth-order valence-corrected chi connectivity index (χ4v) is 2.61. The second-order valence-corrected chi connectivity index (χ2v) is 5.12. The molecular weight excluding hydrogens is 210 g/mol. The maximum atomic E-state index is 5.49. The Hall–Kier alpha value is -0.770. The van der Waals surface area contributed by atoms with Crippen LogP contribution in [0.4, 0.5) is 0 Å². The highest BCUT2D eigenvalue weighted by Gasteiger charge is 2.01. The number of benzene rings is 1. The Morgan fingerprint density at radius 1 is 1.07 bits per heavy atom. The zero-order chi connectivity index (χ0) is 9.97. The van der Waals surface area contributed by atoms with Crippen molar-refractivity contribution >= 4 is 23.3 Å². The van der Waals surface area contributed by atoms with Crippen LogP contribution in [0.3, 0.4) is 0 Å². The van der Waals surface area contributed by atoms with E-state index in [0.29, 0.717) is 0 Å². The summed E-state index contributed by atoms with van der Waals surface area (Å²) in [5.41, 5.74) is 2.56. The number of aryl methyl sites for hydroxylation is 1. The lowest BCUT2D eigenvalue weighted by Gasteiger charge is -1.97. The highest BCUT2D eigenvalue weighted by Crippen LogP contribution is 2.31. The molecular formula is C11H11NS2. The molecule has 3 heteroatoms. The van der Waals surface area contributed by atoms with Gasteiger partial charge in [0.1, 0.15) is 0 Å². The monoisotopic (exact) mass is 221 g/mol. The summed E-state index contributed by atoms with van der Waals surface area (Å²) in [6.45, 7) is 2.10. The highest BCUT2D eigenvalue weighted by molar-refractivity contribution is 7.99. The van der Waals surface area contributed by atoms with E-state index < -0.39 is 0 Å². The van der Waals surface area contributed by atoms with Crippen molar-refractivity contribution in [3.8, 4) is 10.4 Å². The SMILES string of the molecule is Cc1ccc(-c2ccc(SN)s2)cc1. The van der Waals surface area contributed by atoms with E-state index in [4.69, 9.17) is 5.14 Å². The van der Waals surface area contributed by atoms with Gasteiger partial charge in [0.15, 0.2) is 0 Å². The molecule has 0 bridgehead atoms. The van der Waals surface area contributed by atoms with Crippen LogP contribution in [0.2, 0.25) is 0 Å². The molecule has 2 N–H and O–H groups in total. The molecule has 72 valence electrons. The second kappa shape index (κ2) is 4.17. The average molecular weight is 221 g/mol. The maximum Gasteiger partial charge on any atom is 0.0755 e. The van der Waals surface area contributed by atoms with Crippen molar-refractivity contribution in [3.05, 3.63) is 42.0 Å². The Morgan fingerprint density at radius 3 is 2.36 bits per heavy atom. The fraction of sp³-hybridized carbons (Fsp3) is 0.0909. The molecule has 0 spiro atoms. The summed E-state index contributed by atoms with van der Waals surface area (Å²) >= 11 is 3.04. The summed E-state index contributed by atoms with van der Waals surface area (Å²) in [7, 11) is 0. The molecule has 0 fully saturated rings. The van der Waals surface area contributed by atoms with E-state index in [0.717, 1.165) is 4.21 Å². The topological polar surface area (TPSA) is 26.0 Å². The lowest BCUT2D eigenvalue weighted by Crippen LogP contribution is -1.73. The molecule has 1 heterocycles. The molecule has 1 nitrogen and oxygen atoms in total. The summed E-state index contributed by atoms with van der Waals surface area (Å²) in [6, 6.07) is 12.7. The van der Waals surface area contributed by atoms with Gasteiger partial charge in [-0.1, -0.05) is 29.8 Å². The Balaban J connectivity index is 2.34. The molecule has 0 atom stereocenters. The zero-order valence-electron chi connectivity index (χ0n) is 7.86. The van der Waals surface area contributed by atoms with Gasteiger partial charge in [-0.05, 0) is 36.6 Å². The number of nitrogens with two attached hydrogens (primary N) is 1. The second-order valence-electron chi connectivity index (χ2n) is 3.10. The van der Waals surface area contributed by atoms with Gasteiger partial charge in [0.25, 0.3) is 0 Å². The molecule has 0 amide bonds. The first-order valence-electron chi connectivity index (χ1n) is 4.33. The number of hydrogen-bond acceptors (Lipinski definition) is 3. The molecule has 2 rings (SSSR count). The van der Waals surface area contributed by atoms with Crippen LogP contribution in [0.15, 0.2) is 40.6 Å². The van der Waals surface area contributed by atoms with Crippen molar-refractivity contribution in [1.29, 1.82) is 0 Å². The number of hydrogen-bond donors (Lipinski definition) is 1. The van der Waals surface area contributed by atoms with Crippen LogP contribution in [0.25, 0.3) is 10.4 Å². The molecule has 1 aromatic heterocycles. The van der Waals surface area contributed by atoms with Gasteiger partial charge in [0, 0.05) is 4.88 Å². The third-order valence-electron chi connectivity index (χ3n) is 2.03. The smallest absolute Gasteiger partial charge is 0.0755 e. The van der Waals surface area contributed by atoms with E-state index in [1.807, 2.05) is 0 Å². The first-order chi connectivity index (χ1) is 6.79. The molecule has 0 radical (unpaired) electrons. The largest absolute Gasteiger partial charge is 0.273 e. The molecule has 0 aliphatic rings. The van der Waals surface area contributed by atoms with Crippen LogP contribution in [-0.2, 0) is 0 Å². The van der Waals surface area contributed by atoms with Gasteiger partial charge in [0.2, 0.25) is 0 Å². The lowest BCUT2D eigenvalue weighted by atomic mass is 10.1. The summed E-state index contributed by atoms with van der Waals surface area (Å²) in [4.78, 5) is 1.28. The first-order valence-corrected chi connectivity index (χ1v) is 6.03. The minimum Gasteiger partial charge on any atom is -0.273 e. The number of rotatable bonds is 2. The van der Waals surface area contributed by atoms with E-state index in [2.05, 4.69) is 43.3 Å². The van der Waals surface area contributed by atoms with E-state index >= 15 is 0 Å². The van der Waals surface area contributed by atoms with Crippen LogP contribution in [0, 0.1) is 6.92 Å². The third kappa shape index (κ3) is 2.00. The van der Waals surface area contributed by atoms with Crippen molar-refractivity contribution in [1.82, 2.24) is 0 Å². The minimum absolute atomic E-state index is 1.15. The van der Waals surface area contributed by atoms with Gasteiger partial charge < -0.3 is 0 Å². The summed E-state index contributed by atoms with van der Waals surface area (Å²) in [6.07, 6.45) is 0. The van der Waals surface area contributed by atoms with E-state index in [1.165, 1.54) is 28.0 Å². The molecule has 2 aromatic rings. The van der Waals surface area contributed by atoms with Crippen molar-refractivity contribution in [2.24, 2.45) is 5.14 Å². The Kier molecular flexibility index (Phi) is 2.91. The molecule has 0 unspecified atom stereocenters. The Morgan fingerprint density at radius 2 is 1.79 bits per heavy atom. The van der Waals surface area contributed by atoms with Gasteiger partial charge in [-0.2, -0.15) is 0 Å². The molecule has 14 heavy (non-hydrogen) atoms. The molecule has 0 aliphatic carbocycles. The minimum atomic E-state index is 1.15. The van der Waals surface area contributed by atoms with Gasteiger partial charge in [-0.3, -0.25) is 5.14 Å². The third-order valence-corrected chi connectivity index (χ3v) is 3.87. The summed E-state index contributed by atoms with van der Waals surface area (Å²) < 4.78 is 1.15. The molecule has 0 aliphatic heterocycles. The quantitative estimate of drug-likeness (QED) is 0.783. The summed E-state index contributed by atoms with van der Waals surface area (Å²) in [5, 5.41) is 5.49. The van der Waals surface area contributed by atoms with Gasteiger partial charge in [-0.15, -0.1) is 11.3 Å². The van der Waals surface area contributed by atoms with Crippen LogP contribution in [0.5, 0.6) is 0 Å². The molecule has 0 saturated heterocycles. The van der Waals surface area contributed by atoms with Crippen molar-refractivity contribution in [2.45, 2.75) is 11.1 Å². The fourth-order valence-electron chi connectivity index (χ4n) is 1.26. The molecule has 1 aromatic carbocycles. The lowest BCUT2D eigenvalue weighted by molar-refractivity contribution is 1.48. The van der Waals surface area contributed by atoms with Gasteiger partial charge in [0.05, 0.1) is 4.21 Å². The molecule has 0 saturated carbocycles. The predicted octanol–water partition coefficient (Wildman–Crippen LogP) is 3.69. The first kappa shape index (κ1) is 9.77. The standard InChI is InChI=1S/C11H11NS2/c1-8-2-4-9(5-3-8)10-6-7-11(13-10)14-12/h2-7H,12H2,1H3. The van der Waals surface area contributed by atoms with Crippen molar-refractivity contribution in [3.63, 3.8) is 0 Å².